The minimum atomic E-state index is -0.420. The molecule has 0 bridgehead atoms. The summed E-state index contributed by atoms with van der Waals surface area (Å²) in [5.41, 5.74) is 8.45. The molecule has 0 aliphatic carbocycles. The van der Waals surface area contributed by atoms with Crippen molar-refractivity contribution in [2.24, 2.45) is 0 Å². The summed E-state index contributed by atoms with van der Waals surface area (Å²) in [5, 5.41) is 12.2. The van der Waals surface area contributed by atoms with Gasteiger partial charge in [-0.05, 0) is 30.5 Å². The minimum absolute atomic E-state index is 0.0655. The predicted octanol–water partition coefficient (Wildman–Crippen LogP) is 4.96. The zero-order valence-corrected chi connectivity index (χ0v) is 18.6. The van der Waals surface area contributed by atoms with Gasteiger partial charge in [-0.25, -0.2) is 4.68 Å². The molecule has 2 heterocycles. The van der Waals surface area contributed by atoms with Gasteiger partial charge in [-0.2, -0.15) is 0 Å². The van der Waals surface area contributed by atoms with Gasteiger partial charge < -0.3 is 10.7 Å². The Morgan fingerprint density at radius 1 is 0.906 bits per heavy atom. The third-order valence-corrected chi connectivity index (χ3v) is 6.83. The molecule has 7 heteroatoms. The van der Waals surface area contributed by atoms with Crippen LogP contribution in [0.5, 0.6) is 0 Å². The molecule has 1 aliphatic heterocycles. The van der Waals surface area contributed by atoms with E-state index in [0.29, 0.717) is 5.16 Å². The number of hydrogen-bond donors (Lipinski definition) is 2. The lowest BCUT2D eigenvalue weighted by atomic mass is 10.0. The Labute approximate surface area is 191 Å². The van der Waals surface area contributed by atoms with Gasteiger partial charge in [0.25, 0.3) is 0 Å². The number of benzene rings is 3. The topological polar surface area (TPSA) is 71.8 Å². The molecule has 4 aromatic rings. The maximum absolute atomic E-state index is 13.5. The molecule has 0 saturated carbocycles. The fourth-order valence-corrected chi connectivity index (χ4v) is 5.03. The molecule has 6 nitrogen and oxygen atoms in total. The quantitative estimate of drug-likeness (QED) is 0.468. The van der Waals surface area contributed by atoms with Gasteiger partial charge in [-0.15, -0.1) is 10.2 Å². The van der Waals surface area contributed by atoms with Crippen molar-refractivity contribution in [1.82, 2.24) is 14.9 Å². The smallest absolute Gasteiger partial charge is 0.240 e. The number of thioether (sulfide) groups is 1. The number of hydrogen-bond acceptors (Lipinski definition) is 5. The molecule has 5 rings (SSSR count). The first-order valence-electron chi connectivity index (χ1n) is 10.5. The number of para-hydroxylation sites is 1. The SMILES string of the molecule is Cc1cccc(C)c1NC(=O)[C@H]1Sc2nnc(-c3ccccc3)n2N[C@@H]1c1ccccc1. The van der Waals surface area contributed by atoms with Crippen LogP contribution in [-0.4, -0.2) is 26.0 Å². The van der Waals surface area contributed by atoms with Gasteiger partial charge in [0.05, 0.1) is 6.04 Å². The van der Waals surface area contributed by atoms with Gasteiger partial charge in [0, 0.05) is 11.3 Å². The standard InChI is InChI=1S/C25H23N5OS/c1-16-10-9-11-17(2)20(16)26-24(31)22-21(18-12-5-3-6-13-18)29-30-23(27-28-25(30)32-22)19-14-7-4-8-15-19/h3-15,21-22,29H,1-2H3,(H,26,31)/t21-,22+/m1/s1. The van der Waals surface area contributed by atoms with Crippen LogP contribution in [0.2, 0.25) is 0 Å². The van der Waals surface area contributed by atoms with Gasteiger partial charge in [-0.3, -0.25) is 4.79 Å². The minimum Gasteiger partial charge on any atom is -0.325 e. The number of aromatic nitrogens is 3. The van der Waals surface area contributed by atoms with Crippen molar-refractivity contribution < 1.29 is 4.79 Å². The second kappa shape index (κ2) is 8.51. The van der Waals surface area contributed by atoms with E-state index in [9.17, 15) is 4.79 Å². The zero-order valence-electron chi connectivity index (χ0n) is 17.8. The van der Waals surface area contributed by atoms with E-state index in [4.69, 9.17) is 0 Å². The summed E-state index contributed by atoms with van der Waals surface area (Å²) in [6.07, 6.45) is 0. The van der Waals surface area contributed by atoms with Gasteiger partial charge in [0.1, 0.15) is 5.25 Å². The van der Waals surface area contributed by atoms with Crippen LogP contribution in [0.25, 0.3) is 11.4 Å². The number of anilines is 1. The highest BCUT2D eigenvalue weighted by Crippen LogP contribution is 2.39. The lowest BCUT2D eigenvalue weighted by Crippen LogP contribution is -2.41. The molecule has 32 heavy (non-hydrogen) atoms. The van der Waals surface area contributed by atoms with Gasteiger partial charge in [0.15, 0.2) is 5.82 Å². The van der Waals surface area contributed by atoms with Crippen molar-refractivity contribution >= 4 is 23.4 Å². The largest absolute Gasteiger partial charge is 0.325 e. The summed E-state index contributed by atoms with van der Waals surface area (Å²) in [6.45, 7) is 4.01. The number of amides is 1. The molecule has 0 saturated heterocycles. The number of nitrogens with one attached hydrogen (secondary N) is 2. The summed E-state index contributed by atoms with van der Waals surface area (Å²) in [5.74, 6) is 0.659. The lowest BCUT2D eigenvalue weighted by Gasteiger charge is -2.33. The van der Waals surface area contributed by atoms with Gasteiger partial charge in [-0.1, -0.05) is 90.6 Å². The number of rotatable bonds is 4. The van der Waals surface area contributed by atoms with Crippen LogP contribution in [0.1, 0.15) is 22.7 Å². The molecule has 2 atom stereocenters. The Morgan fingerprint density at radius 2 is 1.56 bits per heavy atom. The fraction of sp³-hybridized carbons (Fsp3) is 0.160. The molecule has 2 N–H and O–H groups in total. The van der Waals surface area contributed by atoms with Crippen molar-refractivity contribution in [3.8, 4) is 11.4 Å². The van der Waals surface area contributed by atoms with Crippen molar-refractivity contribution in [3.05, 3.63) is 95.6 Å². The molecule has 0 unspecified atom stereocenters. The number of fused-ring (bicyclic) bond motifs is 1. The van der Waals surface area contributed by atoms with E-state index in [2.05, 4.69) is 20.9 Å². The first kappa shape index (κ1) is 20.3. The summed E-state index contributed by atoms with van der Waals surface area (Å²) in [6, 6.07) is 25.7. The van der Waals surface area contributed by atoms with Crippen LogP contribution >= 0.6 is 11.8 Å². The molecule has 0 fully saturated rings. The highest BCUT2D eigenvalue weighted by atomic mass is 32.2. The van der Waals surface area contributed by atoms with E-state index in [1.54, 1.807) is 0 Å². The third-order valence-electron chi connectivity index (χ3n) is 5.62. The molecule has 1 aromatic heterocycles. The molecule has 0 radical (unpaired) electrons. The Bertz CT molecular complexity index is 1240. The highest BCUT2D eigenvalue weighted by molar-refractivity contribution is 8.00. The molecule has 0 spiro atoms. The second-order valence-corrected chi connectivity index (χ2v) is 8.93. The maximum Gasteiger partial charge on any atom is 0.240 e. The Balaban J connectivity index is 1.52. The molecule has 160 valence electrons. The summed E-state index contributed by atoms with van der Waals surface area (Å²) in [4.78, 5) is 13.5. The van der Waals surface area contributed by atoms with E-state index in [1.165, 1.54) is 11.8 Å². The number of carbonyl (C=O) groups excluding carboxylic acids is 1. The Kier molecular flexibility index (Phi) is 5.41. The maximum atomic E-state index is 13.5. The van der Waals surface area contributed by atoms with E-state index in [-0.39, 0.29) is 11.9 Å². The summed E-state index contributed by atoms with van der Waals surface area (Å²) < 4.78 is 1.89. The lowest BCUT2D eigenvalue weighted by molar-refractivity contribution is -0.116. The summed E-state index contributed by atoms with van der Waals surface area (Å²) in [7, 11) is 0. The van der Waals surface area contributed by atoms with Crippen LogP contribution in [0.3, 0.4) is 0 Å². The third kappa shape index (κ3) is 3.76. The first-order valence-corrected chi connectivity index (χ1v) is 11.4. The first-order chi connectivity index (χ1) is 15.6. The number of nitrogens with zero attached hydrogens (tertiary/aromatic N) is 3. The number of carbonyl (C=O) groups is 1. The van der Waals surface area contributed by atoms with Crippen LogP contribution in [0, 0.1) is 13.8 Å². The van der Waals surface area contributed by atoms with Gasteiger partial charge >= 0.3 is 0 Å². The second-order valence-electron chi connectivity index (χ2n) is 7.82. The van der Waals surface area contributed by atoms with Crippen LogP contribution in [0.4, 0.5) is 5.69 Å². The van der Waals surface area contributed by atoms with E-state index in [1.807, 2.05) is 97.4 Å². The monoisotopic (exact) mass is 441 g/mol. The molecule has 3 aromatic carbocycles. The van der Waals surface area contributed by atoms with Crippen molar-refractivity contribution in [2.45, 2.75) is 30.3 Å². The van der Waals surface area contributed by atoms with Crippen LogP contribution in [0.15, 0.2) is 84.0 Å². The Morgan fingerprint density at radius 3 is 2.25 bits per heavy atom. The molecule has 1 amide bonds. The predicted molar refractivity (Wildman–Crippen MR) is 128 cm³/mol. The Hall–Kier alpha value is -3.58. The molecular weight excluding hydrogens is 418 g/mol. The fourth-order valence-electron chi connectivity index (χ4n) is 3.95. The average Bonchev–Trinajstić information content (AvgIpc) is 3.25. The average molecular weight is 442 g/mol. The molecule has 1 aliphatic rings. The summed E-state index contributed by atoms with van der Waals surface area (Å²) >= 11 is 1.43. The van der Waals surface area contributed by atoms with E-state index in [0.717, 1.165) is 33.8 Å². The highest BCUT2D eigenvalue weighted by Gasteiger charge is 2.38. The molecular formula is C25H23N5OS. The van der Waals surface area contributed by atoms with E-state index >= 15 is 0 Å². The van der Waals surface area contributed by atoms with Crippen LogP contribution < -0.4 is 10.7 Å². The number of aryl methyl sites for hydroxylation is 2. The van der Waals surface area contributed by atoms with Crippen molar-refractivity contribution in [2.75, 3.05) is 10.7 Å². The van der Waals surface area contributed by atoms with Crippen LogP contribution in [-0.2, 0) is 4.79 Å². The normalized spacial score (nSPS) is 17.3. The van der Waals surface area contributed by atoms with Gasteiger partial charge in [0.2, 0.25) is 11.1 Å². The van der Waals surface area contributed by atoms with Crippen molar-refractivity contribution in [1.29, 1.82) is 0 Å². The zero-order chi connectivity index (χ0) is 22.1. The van der Waals surface area contributed by atoms with E-state index < -0.39 is 5.25 Å². The van der Waals surface area contributed by atoms with Crippen molar-refractivity contribution in [3.63, 3.8) is 0 Å².